The Bertz CT molecular complexity index is 1200. The number of hydrogen-bond donors (Lipinski definition) is 2. The Morgan fingerprint density at radius 1 is 0.914 bits per heavy atom. The number of nitrogens with zero attached hydrogens (tertiary/aromatic N) is 2. The van der Waals surface area contributed by atoms with Gasteiger partial charge >= 0.3 is 23.6 Å². The van der Waals surface area contributed by atoms with Crippen LogP contribution in [-0.4, -0.2) is 52.8 Å². The van der Waals surface area contributed by atoms with Gasteiger partial charge in [0.05, 0.1) is 24.4 Å². The molecule has 0 aliphatic carbocycles. The molecule has 2 N–H and O–H groups in total. The van der Waals surface area contributed by atoms with E-state index in [0.29, 0.717) is 0 Å². The van der Waals surface area contributed by atoms with Gasteiger partial charge in [0.25, 0.3) is 11.5 Å². The van der Waals surface area contributed by atoms with Crippen molar-refractivity contribution in [3.8, 4) is 0 Å². The third kappa shape index (κ3) is 5.86. The molecule has 0 fully saturated rings. The summed E-state index contributed by atoms with van der Waals surface area (Å²) < 4.78 is 17.1. The maximum atomic E-state index is 13.1. The van der Waals surface area contributed by atoms with E-state index in [-0.39, 0.29) is 41.6 Å². The molecule has 13 nitrogen and oxygen atoms in total. The van der Waals surface area contributed by atoms with Crippen molar-refractivity contribution in [3.05, 3.63) is 49.4 Å². The normalized spacial score (nSPS) is 13.8. The largest absolute Gasteiger partial charge is 0.463 e. The number of anilines is 1. The Morgan fingerprint density at radius 2 is 1.43 bits per heavy atom. The zero-order valence-corrected chi connectivity index (χ0v) is 20.3. The minimum absolute atomic E-state index is 0.0203. The summed E-state index contributed by atoms with van der Waals surface area (Å²) in [5, 5.41) is 5.19. The molecule has 0 bridgehead atoms. The topological polar surface area (TPSA) is 164 Å². The number of carbonyl (C=O) groups is 4. The molecule has 0 spiro atoms. The number of carbonyl (C=O) groups excluding carboxylic acids is 4. The van der Waals surface area contributed by atoms with Crippen LogP contribution in [0.2, 0.25) is 0 Å². The van der Waals surface area contributed by atoms with E-state index in [2.05, 4.69) is 10.6 Å². The van der Waals surface area contributed by atoms with Gasteiger partial charge in [-0.2, -0.15) is 0 Å². The van der Waals surface area contributed by atoms with E-state index >= 15 is 0 Å². The molecule has 1 aromatic heterocycles. The fraction of sp³-hybridized carbons (Fsp3) is 0.455. The molecule has 2 heterocycles. The quantitative estimate of drug-likeness (QED) is 0.356. The summed E-state index contributed by atoms with van der Waals surface area (Å²) in [6.07, 6.45) is 0. The molecule has 0 aromatic carbocycles. The van der Waals surface area contributed by atoms with E-state index in [1.807, 2.05) is 0 Å². The van der Waals surface area contributed by atoms with Gasteiger partial charge in [0, 0.05) is 31.6 Å². The first-order valence-electron chi connectivity index (χ1n) is 10.7. The molecule has 0 saturated carbocycles. The van der Waals surface area contributed by atoms with E-state index in [1.165, 1.54) is 27.9 Å². The number of ether oxygens (including phenoxy) is 3. The predicted octanol–water partition coefficient (Wildman–Crippen LogP) is -0.541. The number of amides is 1. The SMILES string of the molecule is CCOC(=O)C1=C(C)NC(C)=C(C(=O)OCC)C1C(=O)OCC(=O)Nc1cc(=O)n(C)c(=O)n1C. The highest BCUT2D eigenvalue weighted by molar-refractivity contribution is 6.06. The van der Waals surface area contributed by atoms with Gasteiger partial charge in [-0.05, 0) is 27.7 Å². The van der Waals surface area contributed by atoms with Crippen molar-refractivity contribution in [3.63, 3.8) is 0 Å². The Kier molecular flexibility index (Phi) is 8.75. The van der Waals surface area contributed by atoms with E-state index < -0.39 is 47.6 Å². The summed E-state index contributed by atoms with van der Waals surface area (Å²) in [7, 11) is 2.63. The number of allylic oxidation sites excluding steroid dienone is 2. The maximum Gasteiger partial charge on any atom is 0.337 e. The van der Waals surface area contributed by atoms with Crippen LogP contribution < -0.4 is 21.9 Å². The summed E-state index contributed by atoms with van der Waals surface area (Å²) in [5.41, 5.74) is -1.07. The van der Waals surface area contributed by atoms with Crippen LogP contribution in [0.4, 0.5) is 5.82 Å². The molecule has 13 heteroatoms. The molecule has 0 saturated heterocycles. The average molecular weight is 492 g/mol. The van der Waals surface area contributed by atoms with Crippen molar-refractivity contribution >= 4 is 29.6 Å². The monoisotopic (exact) mass is 492 g/mol. The number of hydrogen-bond acceptors (Lipinski definition) is 10. The molecule has 0 radical (unpaired) electrons. The minimum Gasteiger partial charge on any atom is -0.463 e. The highest BCUT2D eigenvalue weighted by atomic mass is 16.5. The summed E-state index contributed by atoms with van der Waals surface area (Å²) in [4.78, 5) is 74.6. The van der Waals surface area contributed by atoms with Gasteiger partial charge in [0.15, 0.2) is 6.61 Å². The Hall–Kier alpha value is -4.16. The van der Waals surface area contributed by atoms with E-state index in [1.54, 1.807) is 13.8 Å². The number of dihydropyridines is 1. The highest BCUT2D eigenvalue weighted by Gasteiger charge is 2.42. The van der Waals surface area contributed by atoms with Crippen LogP contribution in [0.3, 0.4) is 0 Å². The lowest BCUT2D eigenvalue weighted by molar-refractivity contribution is -0.153. The number of esters is 3. The van der Waals surface area contributed by atoms with E-state index in [0.717, 1.165) is 15.2 Å². The molecule has 1 aromatic rings. The molecule has 1 amide bonds. The number of rotatable bonds is 8. The molecular weight excluding hydrogens is 464 g/mol. The minimum atomic E-state index is -1.50. The van der Waals surface area contributed by atoms with Crippen molar-refractivity contribution in [1.82, 2.24) is 14.5 Å². The van der Waals surface area contributed by atoms with Crippen molar-refractivity contribution < 1.29 is 33.4 Å². The fourth-order valence-electron chi connectivity index (χ4n) is 3.44. The molecular formula is C22H28N4O9. The molecule has 0 atom stereocenters. The van der Waals surface area contributed by atoms with Gasteiger partial charge in [-0.3, -0.25) is 23.5 Å². The molecule has 35 heavy (non-hydrogen) atoms. The van der Waals surface area contributed by atoms with Crippen LogP contribution in [-0.2, 0) is 47.5 Å². The standard InChI is InChI=1S/C22H28N4O9/c1-7-33-19(29)16-11(3)23-12(4)17(20(30)34-8-2)18(16)21(31)35-10-14(27)24-13-9-15(28)26(6)22(32)25(13)5/h9,18,23H,7-8,10H2,1-6H3,(H,24,27). The summed E-state index contributed by atoms with van der Waals surface area (Å²) in [6, 6.07) is 1.03. The van der Waals surface area contributed by atoms with Gasteiger partial charge in [0.1, 0.15) is 11.7 Å². The first-order chi connectivity index (χ1) is 16.4. The second kappa shape index (κ2) is 11.3. The lowest BCUT2D eigenvalue weighted by Gasteiger charge is -2.28. The highest BCUT2D eigenvalue weighted by Crippen LogP contribution is 2.32. The van der Waals surface area contributed by atoms with Gasteiger partial charge < -0.3 is 24.8 Å². The fourth-order valence-corrected chi connectivity index (χ4v) is 3.44. The lowest BCUT2D eigenvalue weighted by Crippen LogP contribution is -2.40. The van der Waals surface area contributed by atoms with Crippen LogP contribution in [0, 0.1) is 5.92 Å². The van der Waals surface area contributed by atoms with Crippen LogP contribution >= 0.6 is 0 Å². The Balaban J connectivity index is 2.31. The molecule has 0 unspecified atom stereocenters. The van der Waals surface area contributed by atoms with Crippen LogP contribution in [0.5, 0.6) is 0 Å². The maximum absolute atomic E-state index is 13.1. The van der Waals surface area contributed by atoms with Gasteiger partial charge in [0.2, 0.25) is 0 Å². The zero-order chi connectivity index (χ0) is 26.4. The van der Waals surface area contributed by atoms with Crippen LogP contribution in [0.1, 0.15) is 27.7 Å². The number of aromatic nitrogens is 2. The van der Waals surface area contributed by atoms with Crippen LogP contribution in [0.25, 0.3) is 0 Å². The third-order valence-electron chi connectivity index (χ3n) is 5.13. The summed E-state index contributed by atoms with van der Waals surface area (Å²) >= 11 is 0. The summed E-state index contributed by atoms with van der Waals surface area (Å²) in [6.45, 7) is 5.44. The first-order valence-corrected chi connectivity index (χ1v) is 10.7. The first kappa shape index (κ1) is 27.1. The van der Waals surface area contributed by atoms with Crippen molar-refractivity contribution in [2.45, 2.75) is 27.7 Å². The van der Waals surface area contributed by atoms with Crippen molar-refractivity contribution in [1.29, 1.82) is 0 Å². The third-order valence-corrected chi connectivity index (χ3v) is 5.13. The zero-order valence-electron chi connectivity index (χ0n) is 20.3. The second-order valence-electron chi connectivity index (χ2n) is 7.50. The van der Waals surface area contributed by atoms with Gasteiger partial charge in [-0.1, -0.05) is 0 Å². The van der Waals surface area contributed by atoms with Gasteiger partial charge in [-0.25, -0.2) is 14.4 Å². The predicted molar refractivity (Wildman–Crippen MR) is 122 cm³/mol. The van der Waals surface area contributed by atoms with E-state index in [9.17, 15) is 28.8 Å². The molecule has 1 aliphatic rings. The molecule has 1 aliphatic heterocycles. The lowest BCUT2D eigenvalue weighted by atomic mass is 9.85. The summed E-state index contributed by atoms with van der Waals surface area (Å²) in [5.74, 6) is -5.21. The van der Waals surface area contributed by atoms with Crippen LogP contribution in [0.15, 0.2) is 38.2 Å². The van der Waals surface area contributed by atoms with Crippen molar-refractivity contribution in [2.75, 3.05) is 25.1 Å². The average Bonchev–Trinajstić information content (AvgIpc) is 2.79. The van der Waals surface area contributed by atoms with Gasteiger partial charge in [-0.15, -0.1) is 0 Å². The molecule has 190 valence electrons. The Morgan fingerprint density at radius 3 is 1.91 bits per heavy atom. The van der Waals surface area contributed by atoms with Crippen molar-refractivity contribution in [2.24, 2.45) is 20.0 Å². The smallest absolute Gasteiger partial charge is 0.337 e. The molecule has 2 rings (SSSR count). The Labute approximate surface area is 200 Å². The number of nitrogens with one attached hydrogen (secondary N) is 2. The second-order valence-corrected chi connectivity index (χ2v) is 7.50. The van der Waals surface area contributed by atoms with E-state index in [4.69, 9.17) is 14.2 Å².